The first-order valence-electron chi connectivity index (χ1n) is 6.72. The number of hydrogen-bond acceptors (Lipinski definition) is 4. The number of thioether (sulfide) groups is 1. The Kier molecular flexibility index (Phi) is 5.11. The molecule has 1 aliphatic rings. The molecule has 1 saturated carbocycles. The number of rotatable bonds is 5. The third-order valence-electron chi connectivity index (χ3n) is 3.49. The Morgan fingerprint density at radius 3 is 2.76 bits per heavy atom. The van der Waals surface area contributed by atoms with Crippen LogP contribution in [0.4, 0.5) is 14.5 Å². The second-order valence-corrected chi connectivity index (χ2v) is 8.24. The van der Waals surface area contributed by atoms with E-state index in [9.17, 15) is 17.2 Å². The fourth-order valence-corrected chi connectivity index (χ4v) is 4.99. The van der Waals surface area contributed by atoms with Crippen LogP contribution in [0.1, 0.15) is 26.2 Å². The molecule has 8 heteroatoms. The first-order chi connectivity index (χ1) is 9.85. The summed E-state index contributed by atoms with van der Waals surface area (Å²) >= 11 is 1.79. The molecule has 0 bridgehead atoms. The van der Waals surface area contributed by atoms with Crippen molar-refractivity contribution in [3.8, 4) is 0 Å². The predicted octanol–water partition coefficient (Wildman–Crippen LogP) is 2.50. The van der Waals surface area contributed by atoms with Gasteiger partial charge in [-0.2, -0.15) is 11.8 Å². The Labute approximate surface area is 127 Å². The number of anilines is 1. The van der Waals surface area contributed by atoms with Crippen LogP contribution < -0.4 is 10.5 Å². The van der Waals surface area contributed by atoms with Crippen molar-refractivity contribution in [2.45, 2.75) is 42.4 Å². The number of nitrogens with one attached hydrogen (secondary N) is 1. The molecule has 3 N–H and O–H groups in total. The van der Waals surface area contributed by atoms with Gasteiger partial charge in [-0.25, -0.2) is 21.9 Å². The maximum atomic E-state index is 13.8. The van der Waals surface area contributed by atoms with Crippen LogP contribution in [-0.2, 0) is 10.0 Å². The Morgan fingerprint density at radius 2 is 2.10 bits per heavy atom. The SMILES string of the molecule is CCSC1CCC(NS(=O)(=O)c2ccc(F)c(N)c2F)C1. The Hall–Kier alpha value is -0.860. The van der Waals surface area contributed by atoms with E-state index in [4.69, 9.17) is 5.73 Å². The maximum Gasteiger partial charge on any atom is 0.243 e. The molecule has 0 radical (unpaired) electrons. The van der Waals surface area contributed by atoms with E-state index in [-0.39, 0.29) is 6.04 Å². The van der Waals surface area contributed by atoms with Gasteiger partial charge in [-0.1, -0.05) is 6.92 Å². The molecule has 1 fully saturated rings. The number of hydrogen-bond donors (Lipinski definition) is 2. The van der Waals surface area contributed by atoms with Crippen molar-refractivity contribution in [2.75, 3.05) is 11.5 Å². The van der Waals surface area contributed by atoms with Gasteiger partial charge < -0.3 is 5.73 Å². The van der Waals surface area contributed by atoms with Crippen LogP contribution in [0.2, 0.25) is 0 Å². The van der Waals surface area contributed by atoms with Crippen molar-refractivity contribution < 1.29 is 17.2 Å². The van der Waals surface area contributed by atoms with E-state index in [2.05, 4.69) is 11.6 Å². The summed E-state index contributed by atoms with van der Waals surface area (Å²) in [5.74, 6) is -1.22. The molecule has 1 aromatic rings. The maximum absolute atomic E-state index is 13.8. The summed E-state index contributed by atoms with van der Waals surface area (Å²) in [5.41, 5.74) is 4.43. The second kappa shape index (κ2) is 6.50. The molecule has 0 amide bonds. The minimum atomic E-state index is -4.03. The van der Waals surface area contributed by atoms with Crippen LogP contribution >= 0.6 is 11.8 Å². The molecule has 2 rings (SSSR count). The Bertz CT molecular complexity index is 623. The van der Waals surface area contributed by atoms with Gasteiger partial charge in [0.25, 0.3) is 0 Å². The summed E-state index contributed by atoms with van der Waals surface area (Å²) < 4.78 is 53.8. The Morgan fingerprint density at radius 1 is 1.38 bits per heavy atom. The molecule has 1 aromatic carbocycles. The van der Waals surface area contributed by atoms with Gasteiger partial charge in [0.15, 0.2) is 5.82 Å². The normalized spacial score (nSPS) is 22.6. The van der Waals surface area contributed by atoms with Crippen molar-refractivity contribution in [3.63, 3.8) is 0 Å². The number of halogens is 2. The smallest absolute Gasteiger partial charge is 0.243 e. The quantitative estimate of drug-likeness (QED) is 0.811. The molecule has 1 aliphatic carbocycles. The van der Waals surface area contributed by atoms with E-state index in [1.54, 1.807) is 11.8 Å². The summed E-state index contributed by atoms with van der Waals surface area (Å²) in [4.78, 5) is -0.604. The predicted molar refractivity (Wildman–Crippen MR) is 80.7 cm³/mol. The minimum Gasteiger partial charge on any atom is -0.394 e. The first kappa shape index (κ1) is 16.5. The highest BCUT2D eigenvalue weighted by Crippen LogP contribution is 2.31. The van der Waals surface area contributed by atoms with Crippen LogP contribution in [0.3, 0.4) is 0 Å². The summed E-state index contributed by atoms with van der Waals surface area (Å²) in [6.45, 7) is 2.05. The standard InChI is InChI=1S/C13H18F2N2O2S2/c1-2-20-9-4-3-8(7-9)17-21(18,19)11-6-5-10(14)13(16)12(11)15/h5-6,8-9,17H,2-4,7,16H2,1H3. The lowest BCUT2D eigenvalue weighted by atomic mass is 10.3. The summed E-state index contributed by atoms with van der Waals surface area (Å²) in [7, 11) is -4.03. The van der Waals surface area contributed by atoms with Crippen molar-refractivity contribution in [3.05, 3.63) is 23.8 Å². The van der Waals surface area contributed by atoms with E-state index in [0.29, 0.717) is 5.25 Å². The van der Waals surface area contributed by atoms with Gasteiger partial charge in [0.05, 0.1) is 0 Å². The molecule has 118 valence electrons. The highest BCUT2D eigenvalue weighted by atomic mass is 32.2. The third-order valence-corrected chi connectivity index (χ3v) is 6.26. The van der Waals surface area contributed by atoms with Crippen LogP contribution in [0.15, 0.2) is 17.0 Å². The van der Waals surface area contributed by atoms with Crippen LogP contribution in [0.25, 0.3) is 0 Å². The molecule has 0 saturated heterocycles. The average Bonchev–Trinajstić information content (AvgIpc) is 2.82. The lowest BCUT2D eigenvalue weighted by Crippen LogP contribution is -2.33. The van der Waals surface area contributed by atoms with Gasteiger partial charge in [-0.15, -0.1) is 0 Å². The molecule has 2 unspecified atom stereocenters. The molecule has 4 nitrogen and oxygen atoms in total. The molecule has 0 spiro atoms. The number of nitrogens with two attached hydrogens (primary N) is 1. The summed E-state index contributed by atoms with van der Waals surface area (Å²) in [6.07, 6.45) is 2.37. The van der Waals surface area contributed by atoms with E-state index in [0.717, 1.165) is 37.1 Å². The van der Waals surface area contributed by atoms with Gasteiger partial charge in [0, 0.05) is 11.3 Å². The van der Waals surface area contributed by atoms with Gasteiger partial charge in [0.2, 0.25) is 10.0 Å². The Balaban J connectivity index is 2.15. The topological polar surface area (TPSA) is 72.2 Å². The summed E-state index contributed by atoms with van der Waals surface area (Å²) in [5, 5.41) is 0.422. The zero-order valence-corrected chi connectivity index (χ0v) is 13.2. The zero-order chi connectivity index (χ0) is 15.6. The second-order valence-electron chi connectivity index (χ2n) is 4.98. The van der Waals surface area contributed by atoms with Gasteiger partial charge in [-0.05, 0) is 37.1 Å². The van der Waals surface area contributed by atoms with Gasteiger partial charge in [-0.3, -0.25) is 0 Å². The van der Waals surface area contributed by atoms with E-state index in [1.807, 2.05) is 0 Å². The van der Waals surface area contributed by atoms with E-state index < -0.39 is 32.2 Å². The third kappa shape index (κ3) is 3.67. The molecule has 0 aliphatic heterocycles. The first-order valence-corrected chi connectivity index (χ1v) is 9.25. The van der Waals surface area contributed by atoms with Crippen LogP contribution in [0.5, 0.6) is 0 Å². The number of benzene rings is 1. The van der Waals surface area contributed by atoms with Crippen molar-refractivity contribution >= 4 is 27.5 Å². The van der Waals surface area contributed by atoms with Gasteiger partial charge >= 0.3 is 0 Å². The number of sulfonamides is 1. The fraction of sp³-hybridized carbons (Fsp3) is 0.538. The molecular formula is C13H18F2N2O2S2. The van der Waals surface area contributed by atoms with Crippen LogP contribution in [0, 0.1) is 11.6 Å². The number of nitrogen functional groups attached to an aromatic ring is 1. The molecule has 2 atom stereocenters. The van der Waals surface area contributed by atoms with Crippen molar-refractivity contribution in [1.82, 2.24) is 4.72 Å². The van der Waals surface area contributed by atoms with E-state index in [1.165, 1.54) is 0 Å². The van der Waals surface area contributed by atoms with Gasteiger partial charge in [0.1, 0.15) is 16.4 Å². The molecule has 0 heterocycles. The van der Waals surface area contributed by atoms with E-state index >= 15 is 0 Å². The minimum absolute atomic E-state index is 0.218. The summed E-state index contributed by atoms with van der Waals surface area (Å²) in [6, 6.07) is 1.54. The molecule has 21 heavy (non-hydrogen) atoms. The highest BCUT2D eigenvalue weighted by molar-refractivity contribution is 7.99. The molecule has 0 aromatic heterocycles. The van der Waals surface area contributed by atoms with Crippen LogP contribution in [-0.4, -0.2) is 25.5 Å². The largest absolute Gasteiger partial charge is 0.394 e. The average molecular weight is 336 g/mol. The fourth-order valence-electron chi connectivity index (χ4n) is 2.47. The lowest BCUT2D eigenvalue weighted by Gasteiger charge is -2.14. The monoisotopic (exact) mass is 336 g/mol. The van der Waals surface area contributed by atoms with Crippen molar-refractivity contribution in [2.24, 2.45) is 0 Å². The molecular weight excluding hydrogens is 318 g/mol. The van der Waals surface area contributed by atoms with Crippen molar-refractivity contribution in [1.29, 1.82) is 0 Å². The zero-order valence-electron chi connectivity index (χ0n) is 11.6. The highest BCUT2D eigenvalue weighted by Gasteiger charge is 2.30. The lowest BCUT2D eigenvalue weighted by molar-refractivity contribution is 0.532.